The number of imide groups is 1. The summed E-state index contributed by atoms with van der Waals surface area (Å²) in [6.07, 6.45) is -0.621. The number of esters is 1. The maximum atomic E-state index is 12.8. The molecule has 1 aliphatic rings. The smallest absolute Gasteiger partial charge is 0.324 e. The maximum absolute atomic E-state index is 12.8. The van der Waals surface area contributed by atoms with E-state index >= 15 is 0 Å². The fourth-order valence-corrected chi connectivity index (χ4v) is 3.84. The molecule has 26 heavy (non-hydrogen) atoms. The Morgan fingerprint density at radius 1 is 1.12 bits per heavy atom. The molecule has 1 N–H and O–H groups in total. The van der Waals surface area contributed by atoms with Gasteiger partial charge in [-0.1, -0.05) is 54.1 Å². The Morgan fingerprint density at radius 3 is 2.50 bits per heavy atom. The number of rotatable bonds is 5. The lowest BCUT2D eigenvalue weighted by molar-refractivity contribution is -0.159. The third-order valence-electron chi connectivity index (χ3n) is 3.84. The number of hydrogen-bond acceptors (Lipinski definition) is 5. The molecule has 0 bridgehead atoms. The third-order valence-corrected chi connectivity index (χ3v) is 5.60. The normalized spacial score (nSPS) is 18.1. The SMILES string of the molecule is O=C1CCC(OC(=O)C(Sc2ccccc2Cl)c2ccccc2)C(=O)N1. The van der Waals surface area contributed by atoms with E-state index in [0.717, 1.165) is 10.5 Å². The first-order valence-electron chi connectivity index (χ1n) is 8.05. The van der Waals surface area contributed by atoms with Gasteiger partial charge in [0, 0.05) is 17.7 Å². The summed E-state index contributed by atoms with van der Waals surface area (Å²) < 4.78 is 5.41. The third kappa shape index (κ3) is 4.45. The molecule has 2 aromatic rings. The van der Waals surface area contributed by atoms with Gasteiger partial charge in [-0.15, -0.1) is 11.8 Å². The van der Waals surface area contributed by atoms with Gasteiger partial charge in [-0.2, -0.15) is 0 Å². The van der Waals surface area contributed by atoms with Crippen molar-refractivity contribution in [1.29, 1.82) is 0 Å². The molecule has 1 fully saturated rings. The second-order valence-electron chi connectivity index (χ2n) is 5.72. The van der Waals surface area contributed by atoms with Gasteiger partial charge in [-0.25, -0.2) is 0 Å². The number of carbonyl (C=O) groups is 3. The van der Waals surface area contributed by atoms with Crippen LogP contribution in [0.15, 0.2) is 59.5 Å². The van der Waals surface area contributed by atoms with Gasteiger partial charge in [0.15, 0.2) is 6.10 Å². The first kappa shape index (κ1) is 18.5. The zero-order valence-electron chi connectivity index (χ0n) is 13.7. The van der Waals surface area contributed by atoms with Crippen LogP contribution in [0, 0.1) is 0 Å². The maximum Gasteiger partial charge on any atom is 0.324 e. The highest BCUT2D eigenvalue weighted by Crippen LogP contribution is 2.39. The molecule has 1 heterocycles. The van der Waals surface area contributed by atoms with E-state index < -0.39 is 23.2 Å². The van der Waals surface area contributed by atoms with E-state index in [0.29, 0.717) is 5.02 Å². The average molecular weight is 390 g/mol. The van der Waals surface area contributed by atoms with Crippen molar-refractivity contribution < 1.29 is 19.1 Å². The summed E-state index contributed by atoms with van der Waals surface area (Å²) in [5.41, 5.74) is 0.745. The molecule has 7 heteroatoms. The van der Waals surface area contributed by atoms with Crippen molar-refractivity contribution in [1.82, 2.24) is 5.32 Å². The molecule has 134 valence electrons. The van der Waals surface area contributed by atoms with Crippen LogP contribution in [0.5, 0.6) is 0 Å². The molecule has 2 amide bonds. The molecular formula is C19H16ClNO4S. The molecule has 2 atom stereocenters. The Morgan fingerprint density at radius 2 is 1.81 bits per heavy atom. The van der Waals surface area contributed by atoms with Gasteiger partial charge >= 0.3 is 5.97 Å². The van der Waals surface area contributed by atoms with Crippen LogP contribution in [-0.4, -0.2) is 23.9 Å². The van der Waals surface area contributed by atoms with Crippen LogP contribution in [0.1, 0.15) is 23.7 Å². The minimum Gasteiger partial charge on any atom is -0.451 e. The second kappa shape index (κ2) is 8.38. The van der Waals surface area contributed by atoms with E-state index in [-0.39, 0.29) is 18.7 Å². The van der Waals surface area contributed by atoms with Crippen LogP contribution < -0.4 is 5.32 Å². The van der Waals surface area contributed by atoms with Crippen molar-refractivity contribution in [3.8, 4) is 0 Å². The lowest BCUT2D eigenvalue weighted by atomic mass is 10.1. The summed E-state index contributed by atoms with van der Waals surface area (Å²) in [4.78, 5) is 36.7. The lowest BCUT2D eigenvalue weighted by Crippen LogP contribution is -2.46. The summed E-state index contributed by atoms with van der Waals surface area (Å²) in [6, 6.07) is 16.4. The van der Waals surface area contributed by atoms with Gasteiger partial charge in [0.25, 0.3) is 5.91 Å². The van der Waals surface area contributed by atoms with Crippen LogP contribution in [0.2, 0.25) is 5.02 Å². The molecule has 1 aliphatic heterocycles. The highest BCUT2D eigenvalue weighted by Gasteiger charge is 2.33. The fraction of sp³-hybridized carbons (Fsp3) is 0.211. The number of thioether (sulfide) groups is 1. The molecule has 2 aromatic carbocycles. The highest BCUT2D eigenvalue weighted by molar-refractivity contribution is 8.00. The van der Waals surface area contributed by atoms with Gasteiger partial charge in [-0.05, 0) is 17.7 Å². The van der Waals surface area contributed by atoms with Crippen molar-refractivity contribution >= 4 is 41.1 Å². The molecule has 3 rings (SSSR count). The minimum absolute atomic E-state index is 0.150. The van der Waals surface area contributed by atoms with E-state index in [1.165, 1.54) is 11.8 Å². The van der Waals surface area contributed by atoms with Gasteiger partial charge in [0.1, 0.15) is 5.25 Å². The van der Waals surface area contributed by atoms with Gasteiger partial charge in [-0.3, -0.25) is 19.7 Å². The van der Waals surface area contributed by atoms with Crippen LogP contribution >= 0.6 is 23.4 Å². The summed E-state index contributed by atoms with van der Waals surface area (Å²) in [6.45, 7) is 0. The number of hydrogen-bond donors (Lipinski definition) is 1. The van der Waals surface area contributed by atoms with E-state index in [4.69, 9.17) is 16.3 Å². The second-order valence-corrected chi connectivity index (χ2v) is 7.27. The van der Waals surface area contributed by atoms with E-state index in [1.54, 1.807) is 6.07 Å². The number of piperidine rings is 1. The Hall–Kier alpha value is -2.31. The number of amides is 2. The monoisotopic (exact) mass is 389 g/mol. The Bertz CT molecular complexity index is 827. The van der Waals surface area contributed by atoms with Gasteiger partial charge in [0.05, 0.1) is 5.02 Å². The number of nitrogens with one attached hydrogen (secondary N) is 1. The van der Waals surface area contributed by atoms with Crippen LogP contribution in [0.4, 0.5) is 0 Å². The molecule has 2 unspecified atom stereocenters. The number of ether oxygens (including phenoxy) is 1. The van der Waals surface area contributed by atoms with E-state index in [9.17, 15) is 14.4 Å². The fourth-order valence-electron chi connectivity index (χ4n) is 2.54. The van der Waals surface area contributed by atoms with Crippen LogP contribution in [0.3, 0.4) is 0 Å². The van der Waals surface area contributed by atoms with Crippen molar-refractivity contribution in [2.45, 2.75) is 29.1 Å². The van der Waals surface area contributed by atoms with E-state index in [2.05, 4.69) is 5.32 Å². The first-order chi connectivity index (χ1) is 12.5. The average Bonchev–Trinajstić information content (AvgIpc) is 2.64. The number of benzene rings is 2. The molecule has 0 saturated carbocycles. The molecule has 0 aliphatic carbocycles. The Labute approximate surface area is 160 Å². The highest BCUT2D eigenvalue weighted by atomic mass is 35.5. The Kier molecular flexibility index (Phi) is 5.96. The van der Waals surface area contributed by atoms with E-state index in [1.807, 2.05) is 48.5 Å². The zero-order valence-corrected chi connectivity index (χ0v) is 15.3. The molecule has 0 radical (unpaired) electrons. The summed E-state index contributed by atoms with van der Waals surface area (Å²) in [5.74, 6) is -1.48. The summed E-state index contributed by atoms with van der Waals surface area (Å²) >= 11 is 7.48. The summed E-state index contributed by atoms with van der Waals surface area (Å²) in [5, 5.41) is 2.04. The molecule has 5 nitrogen and oxygen atoms in total. The van der Waals surface area contributed by atoms with Gasteiger partial charge in [0.2, 0.25) is 5.91 Å². The molecule has 1 saturated heterocycles. The van der Waals surface area contributed by atoms with Crippen molar-refractivity contribution in [3.63, 3.8) is 0 Å². The topological polar surface area (TPSA) is 72.5 Å². The number of carbonyl (C=O) groups excluding carboxylic acids is 3. The van der Waals surface area contributed by atoms with Crippen molar-refractivity contribution in [2.24, 2.45) is 0 Å². The van der Waals surface area contributed by atoms with Crippen LogP contribution in [-0.2, 0) is 19.1 Å². The molecule has 0 spiro atoms. The minimum atomic E-state index is -0.960. The standard InChI is InChI=1S/C19H16ClNO4S/c20-13-8-4-5-9-15(13)26-17(12-6-2-1-3-7-12)19(24)25-14-10-11-16(22)21-18(14)23/h1-9,14,17H,10-11H2,(H,21,22,23). The van der Waals surface area contributed by atoms with Gasteiger partial charge < -0.3 is 4.74 Å². The predicted octanol–water partition coefficient (Wildman–Crippen LogP) is 3.52. The predicted molar refractivity (Wildman–Crippen MR) is 98.8 cm³/mol. The Balaban J connectivity index is 1.81. The zero-order chi connectivity index (χ0) is 18.5. The van der Waals surface area contributed by atoms with Crippen molar-refractivity contribution in [3.05, 3.63) is 65.2 Å². The largest absolute Gasteiger partial charge is 0.451 e. The molecular weight excluding hydrogens is 374 g/mol. The summed E-state index contributed by atoms with van der Waals surface area (Å²) in [7, 11) is 0. The molecule has 0 aromatic heterocycles. The van der Waals surface area contributed by atoms with Crippen LogP contribution in [0.25, 0.3) is 0 Å². The van der Waals surface area contributed by atoms with Crippen molar-refractivity contribution in [2.75, 3.05) is 0 Å². The number of halogens is 1. The first-order valence-corrected chi connectivity index (χ1v) is 9.30. The lowest BCUT2D eigenvalue weighted by Gasteiger charge is -2.24. The quantitative estimate of drug-likeness (QED) is 0.481.